The van der Waals surface area contributed by atoms with Gasteiger partial charge in [-0.15, -0.1) is 0 Å². The Morgan fingerprint density at radius 2 is 2.35 bits per heavy atom. The fourth-order valence-corrected chi connectivity index (χ4v) is 1.59. The number of nitrogens with one attached hydrogen (secondary N) is 1. The molecule has 0 saturated carbocycles. The zero-order valence-corrected chi connectivity index (χ0v) is 10.4. The van der Waals surface area contributed by atoms with Crippen LogP contribution in [-0.2, 0) is 0 Å². The van der Waals surface area contributed by atoms with Gasteiger partial charge in [0.05, 0.1) is 0 Å². The van der Waals surface area contributed by atoms with Crippen molar-refractivity contribution in [1.82, 2.24) is 14.7 Å². The molecule has 0 aromatic carbocycles. The lowest BCUT2D eigenvalue weighted by molar-refractivity contribution is 0.0935. The van der Waals surface area contributed by atoms with Gasteiger partial charge in [0.1, 0.15) is 11.3 Å². The number of pyridine rings is 1. The molecular weight excluding hydrogens is 214 g/mol. The topological polar surface area (TPSA) is 46.4 Å². The van der Waals surface area contributed by atoms with E-state index in [1.807, 2.05) is 43.5 Å². The van der Waals surface area contributed by atoms with Gasteiger partial charge in [-0.25, -0.2) is 4.98 Å². The van der Waals surface area contributed by atoms with Gasteiger partial charge < -0.3 is 9.72 Å². The van der Waals surface area contributed by atoms with Crippen LogP contribution >= 0.6 is 0 Å². The van der Waals surface area contributed by atoms with Gasteiger partial charge >= 0.3 is 0 Å². The Hall–Kier alpha value is -1.84. The molecule has 0 bridgehead atoms. The summed E-state index contributed by atoms with van der Waals surface area (Å²) < 4.78 is 1.86. The first-order chi connectivity index (χ1) is 8.10. The summed E-state index contributed by atoms with van der Waals surface area (Å²) in [6.07, 6.45) is 4.59. The number of hydrogen-bond acceptors (Lipinski definition) is 2. The smallest absolute Gasteiger partial charge is 0.271 e. The Balaban J connectivity index is 2.27. The normalized spacial score (nSPS) is 12.6. The third kappa shape index (κ3) is 2.46. The number of rotatable bonds is 3. The molecule has 0 aliphatic rings. The highest BCUT2D eigenvalue weighted by atomic mass is 16.1. The van der Waals surface area contributed by atoms with Crippen molar-refractivity contribution < 1.29 is 4.79 Å². The van der Waals surface area contributed by atoms with Crippen molar-refractivity contribution in [1.29, 1.82) is 0 Å². The average molecular weight is 231 g/mol. The molecule has 17 heavy (non-hydrogen) atoms. The second-order valence-corrected chi connectivity index (χ2v) is 4.38. The number of aryl methyl sites for hydroxylation is 1. The molecule has 2 rings (SSSR count). The second-order valence-electron chi connectivity index (χ2n) is 4.38. The number of hydrogen-bond donors (Lipinski definition) is 1. The van der Waals surface area contributed by atoms with Crippen LogP contribution in [0, 0.1) is 6.92 Å². The SMILES string of the molecule is CC[C@@H](C)NC(=O)c1cn2ccc(C)cc2n1. The maximum absolute atomic E-state index is 11.9. The van der Waals surface area contributed by atoms with Gasteiger partial charge in [0.15, 0.2) is 0 Å². The number of amides is 1. The van der Waals surface area contributed by atoms with E-state index in [-0.39, 0.29) is 11.9 Å². The van der Waals surface area contributed by atoms with Crippen LogP contribution in [-0.4, -0.2) is 21.3 Å². The van der Waals surface area contributed by atoms with Crippen molar-refractivity contribution in [2.45, 2.75) is 33.2 Å². The Morgan fingerprint density at radius 3 is 3.06 bits per heavy atom. The molecule has 1 amide bonds. The van der Waals surface area contributed by atoms with Gasteiger partial charge in [-0.2, -0.15) is 0 Å². The number of carbonyl (C=O) groups excluding carboxylic acids is 1. The van der Waals surface area contributed by atoms with Crippen LogP contribution in [0.4, 0.5) is 0 Å². The minimum Gasteiger partial charge on any atom is -0.348 e. The molecule has 0 fully saturated rings. The standard InChI is InChI=1S/C13H17N3O/c1-4-10(3)14-13(17)11-8-16-6-5-9(2)7-12(16)15-11/h5-8,10H,4H2,1-3H3,(H,14,17)/t10-/m1/s1. The Labute approximate surface area is 101 Å². The molecule has 4 nitrogen and oxygen atoms in total. The summed E-state index contributed by atoms with van der Waals surface area (Å²) in [5.41, 5.74) is 2.41. The van der Waals surface area contributed by atoms with Crippen LogP contribution < -0.4 is 5.32 Å². The van der Waals surface area contributed by atoms with E-state index >= 15 is 0 Å². The predicted molar refractivity (Wildman–Crippen MR) is 67.1 cm³/mol. The van der Waals surface area contributed by atoms with Crippen molar-refractivity contribution in [2.24, 2.45) is 0 Å². The lowest BCUT2D eigenvalue weighted by atomic mass is 10.2. The van der Waals surface area contributed by atoms with E-state index in [4.69, 9.17) is 0 Å². The molecular formula is C13H17N3O. The molecule has 0 aliphatic carbocycles. The van der Waals surface area contributed by atoms with E-state index in [0.717, 1.165) is 17.6 Å². The molecule has 0 radical (unpaired) electrons. The van der Waals surface area contributed by atoms with Gasteiger partial charge in [0.2, 0.25) is 0 Å². The van der Waals surface area contributed by atoms with Gasteiger partial charge in [-0.3, -0.25) is 4.79 Å². The highest BCUT2D eigenvalue weighted by molar-refractivity contribution is 5.93. The minimum atomic E-state index is -0.110. The zero-order valence-electron chi connectivity index (χ0n) is 10.4. The molecule has 0 unspecified atom stereocenters. The van der Waals surface area contributed by atoms with Gasteiger partial charge in [0.25, 0.3) is 5.91 Å². The largest absolute Gasteiger partial charge is 0.348 e. The molecule has 1 atom stereocenters. The number of aromatic nitrogens is 2. The lowest BCUT2D eigenvalue weighted by Gasteiger charge is -2.08. The number of imidazole rings is 1. The van der Waals surface area contributed by atoms with Crippen LogP contribution in [0.1, 0.15) is 36.3 Å². The highest BCUT2D eigenvalue weighted by Crippen LogP contribution is 2.07. The zero-order chi connectivity index (χ0) is 12.4. The molecule has 2 aromatic rings. The average Bonchev–Trinajstić information content (AvgIpc) is 2.71. The van der Waals surface area contributed by atoms with Crippen molar-refractivity contribution in [2.75, 3.05) is 0 Å². The van der Waals surface area contributed by atoms with E-state index in [2.05, 4.69) is 10.3 Å². The summed E-state index contributed by atoms with van der Waals surface area (Å²) in [5.74, 6) is -0.110. The van der Waals surface area contributed by atoms with Crippen LogP contribution in [0.25, 0.3) is 5.65 Å². The summed E-state index contributed by atoms with van der Waals surface area (Å²) in [4.78, 5) is 16.2. The summed E-state index contributed by atoms with van der Waals surface area (Å²) >= 11 is 0. The van der Waals surface area contributed by atoms with Crippen molar-refractivity contribution in [3.8, 4) is 0 Å². The molecule has 90 valence electrons. The maximum atomic E-state index is 11.9. The van der Waals surface area contributed by atoms with Gasteiger partial charge in [0, 0.05) is 18.4 Å². The number of fused-ring (bicyclic) bond motifs is 1. The Morgan fingerprint density at radius 1 is 1.59 bits per heavy atom. The third-order valence-electron chi connectivity index (χ3n) is 2.84. The fourth-order valence-electron chi connectivity index (χ4n) is 1.59. The summed E-state index contributed by atoms with van der Waals surface area (Å²) in [6, 6.07) is 4.12. The molecule has 2 heterocycles. The molecule has 4 heteroatoms. The van der Waals surface area contributed by atoms with Crippen LogP contribution in [0.3, 0.4) is 0 Å². The molecule has 2 aromatic heterocycles. The van der Waals surface area contributed by atoms with E-state index in [0.29, 0.717) is 5.69 Å². The summed E-state index contributed by atoms with van der Waals surface area (Å²) in [6.45, 7) is 6.03. The monoisotopic (exact) mass is 231 g/mol. The summed E-state index contributed by atoms with van der Waals surface area (Å²) in [7, 11) is 0. The number of nitrogens with zero attached hydrogens (tertiary/aromatic N) is 2. The van der Waals surface area contributed by atoms with Gasteiger partial charge in [-0.05, 0) is 38.0 Å². The first-order valence-electron chi connectivity index (χ1n) is 5.86. The lowest BCUT2D eigenvalue weighted by Crippen LogP contribution is -2.32. The third-order valence-corrected chi connectivity index (χ3v) is 2.84. The van der Waals surface area contributed by atoms with Gasteiger partial charge in [-0.1, -0.05) is 6.92 Å². The summed E-state index contributed by atoms with van der Waals surface area (Å²) in [5, 5.41) is 2.91. The Kier molecular flexibility index (Phi) is 3.13. The molecule has 1 N–H and O–H groups in total. The van der Waals surface area contributed by atoms with Crippen LogP contribution in [0.5, 0.6) is 0 Å². The van der Waals surface area contributed by atoms with E-state index in [9.17, 15) is 4.79 Å². The first-order valence-corrected chi connectivity index (χ1v) is 5.86. The first kappa shape index (κ1) is 11.6. The number of carbonyl (C=O) groups is 1. The Bertz CT molecular complexity index is 545. The molecule has 0 saturated heterocycles. The van der Waals surface area contributed by atoms with Crippen molar-refractivity contribution >= 4 is 11.6 Å². The highest BCUT2D eigenvalue weighted by Gasteiger charge is 2.12. The fraction of sp³-hybridized carbons (Fsp3) is 0.385. The second kappa shape index (κ2) is 4.57. The predicted octanol–water partition coefficient (Wildman–Crippen LogP) is 2.17. The van der Waals surface area contributed by atoms with Crippen molar-refractivity contribution in [3.05, 3.63) is 35.8 Å². The minimum absolute atomic E-state index is 0.110. The molecule has 0 spiro atoms. The van der Waals surface area contributed by atoms with Crippen LogP contribution in [0.15, 0.2) is 24.5 Å². The molecule has 0 aliphatic heterocycles. The van der Waals surface area contributed by atoms with E-state index < -0.39 is 0 Å². The van der Waals surface area contributed by atoms with E-state index in [1.54, 1.807) is 6.20 Å². The van der Waals surface area contributed by atoms with Crippen molar-refractivity contribution in [3.63, 3.8) is 0 Å². The van der Waals surface area contributed by atoms with Crippen LogP contribution in [0.2, 0.25) is 0 Å². The maximum Gasteiger partial charge on any atom is 0.271 e. The van der Waals surface area contributed by atoms with E-state index in [1.165, 1.54) is 0 Å². The quantitative estimate of drug-likeness (QED) is 0.880.